The molecule has 5 aromatic carbocycles. The van der Waals surface area contributed by atoms with E-state index < -0.39 is 36.1 Å². The van der Waals surface area contributed by atoms with Crippen LogP contribution in [0, 0.1) is 18.8 Å². The zero-order chi connectivity index (χ0) is 49.7. The number of nitrogens with zero attached hydrogens (tertiary/aromatic N) is 1. The van der Waals surface area contributed by atoms with Crippen molar-refractivity contribution in [1.29, 1.82) is 0 Å². The van der Waals surface area contributed by atoms with E-state index in [-0.39, 0.29) is 49.9 Å². The molecule has 1 aliphatic rings. The fourth-order valence-electron chi connectivity index (χ4n) is 7.45. The summed E-state index contributed by atoms with van der Waals surface area (Å²) in [4.78, 5) is 42.4. The van der Waals surface area contributed by atoms with Crippen molar-refractivity contribution in [3.8, 4) is 29.1 Å². The number of nitrogens with one attached hydrogen (secondary N) is 4. The van der Waals surface area contributed by atoms with Crippen LogP contribution < -0.4 is 36.5 Å². The number of hydrogen-bond donors (Lipinski definition) is 6. The summed E-state index contributed by atoms with van der Waals surface area (Å²) in [6.45, 7) is 13.5. The van der Waals surface area contributed by atoms with Crippen LogP contribution in [-0.2, 0) is 19.1 Å². The number of rotatable bonds is 16. The molecule has 0 radical (unpaired) electrons. The Morgan fingerprint density at radius 1 is 0.986 bits per heavy atom. The Kier molecular flexibility index (Phi) is 14.8. The lowest BCUT2D eigenvalue weighted by atomic mass is 10.0. The number of hydrogen-bond acceptors (Lipinski definition) is 12. The van der Waals surface area contributed by atoms with Crippen LogP contribution in [0.1, 0.15) is 77.1 Å². The molecule has 7 rings (SSSR count). The van der Waals surface area contributed by atoms with Gasteiger partial charge in [-0.05, 0) is 116 Å². The first kappa shape index (κ1) is 49.7. The van der Waals surface area contributed by atoms with Crippen LogP contribution in [0.4, 0.5) is 22.7 Å². The van der Waals surface area contributed by atoms with Crippen LogP contribution in [0.5, 0.6) is 17.2 Å². The molecule has 0 aliphatic carbocycles. The Bertz CT molecular complexity index is 3130. The standard InChI is InChI=1S/C52H56N6O9SSi/c1-32-23-40(28-42-47(32)55-29-43(50(53)61)48(42)56-36-15-12-16-38(25-36)65-5)68(63,64)39-17-11-14-34(24-39)51(62)57-35-20-18-33(19-21-35)13-9-8-10-22-54-30-45(67-69(6,7)52(2,3)4)41-26-37(59)27-44-49(41)66-31-46(60)58-44/h11-12,14-21,23-29,45,54,59H,8,10,22,30-31H2,1-7H3,(H2,53,61)(H,55,56)(H,57,62)(H,58,60). The molecule has 1 atom stereocenters. The van der Waals surface area contributed by atoms with Crippen molar-refractivity contribution in [1.82, 2.24) is 10.3 Å². The third kappa shape index (κ3) is 11.6. The lowest BCUT2D eigenvalue weighted by molar-refractivity contribution is -0.118. The Hall–Kier alpha value is -7.23. The monoisotopic (exact) mass is 968 g/mol. The number of aryl methyl sites for hydroxylation is 1. The molecule has 1 aliphatic heterocycles. The van der Waals surface area contributed by atoms with Crippen molar-refractivity contribution < 1.29 is 41.8 Å². The van der Waals surface area contributed by atoms with E-state index in [9.17, 15) is 27.9 Å². The smallest absolute Gasteiger partial charge is 0.262 e. The summed E-state index contributed by atoms with van der Waals surface area (Å²) in [5, 5.41) is 23.2. The fourth-order valence-corrected chi connectivity index (χ4v) is 10.1. The number of aromatic hydroxyl groups is 1. The summed E-state index contributed by atoms with van der Waals surface area (Å²) in [6.07, 6.45) is 2.28. The number of fused-ring (bicyclic) bond motifs is 2. The molecule has 15 nitrogen and oxygen atoms in total. The Balaban J connectivity index is 0.981. The number of amides is 3. The number of unbranched alkanes of at least 4 members (excludes halogenated alkanes) is 1. The first-order chi connectivity index (χ1) is 32.7. The summed E-state index contributed by atoms with van der Waals surface area (Å²) in [5.74, 6) is 5.90. The molecule has 0 bridgehead atoms. The first-order valence-corrected chi connectivity index (χ1v) is 26.7. The molecule has 2 heterocycles. The van der Waals surface area contributed by atoms with Gasteiger partial charge in [-0.2, -0.15) is 0 Å². The van der Waals surface area contributed by atoms with Crippen molar-refractivity contribution in [2.75, 3.05) is 42.8 Å². The van der Waals surface area contributed by atoms with Gasteiger partial charge in [-0.3, -0.25) is 19.4 Å². The third-order valence-electron chi connectivity index (χ3n) is 12.1. The molecule has 1 unspecified atom stereocenters. The van der Waals surface area contributed by atoms with Crippen LogP contribution >= 0.6 is 0 Å². The van der Waals surface area contributed by atoms with Gasteiger partial charge in [0.1, 0.15) is 17.2 Å². The number of sulfone groups is 1. The maximum atomic E-state index is 14.2. The molecule has 7 N–H and O–H groups in total. The number of phenols is 1. The van der Waals surface area contributed by atoms with Crippen LogP contribution in [0.3, 0.4) is 0 Å². The highest BCUT2D eigenvalue weighted by Gasteiger charge is 2.40. The van der Waals surface area contributed by atoms with E-state index in [0.29, 0.717) is 70.1 Å². The molecule has 1 aromatic heterocycles. The van der Waals surface area contributed by atoms with E-state index in [4.69, 9.17) is 19.6 Å². The zero-order valence-corrected chi connectivity index (χ0v) is 41.4. The third-order valence-corrected chi connectivity index (χ3v) is 18.3. The average molecular weight is 969 g/mol. The fraction of sp³-hybridized carbons (Fsp3) is 0.269. The van der Waals surface area contributed by atoms with Gasteiger partial charge in [0.2, 0.25) is 9.84 Å². The maximum absolute atomic E-state index is 14.2. The van der Waals surface area contributed by atoms with Gasteiger partial charge in [-0.1, -0.05) is 44.7 Å². The highest BCUT2D eigenvalue weighted by atomic mass is 32.2. The van der Waals surface area contributed by atoms with E-state index in [0.717, 1.165) is 12.0 Å². The van der Waals surface area contributed by atoms with Gasteiger partial charge in [-0.25, -0.2) is 8.42 Å². The number of phenolic OH excluding ortho intramolecular Hbond substituents is 1. The number of anilines is 4. The van der Waals surface area contributed by atoms with Crippen molar-refractivity contribution in [3.05, 3.63) is 131 Å². The predicted octanol–water partition coefficient (Wildman–Crippen LogP) is 9.00. The van der Waals surface area contributed by atoms with Gasteiger partial charge < -0.3 is 46.0 Å². The lowest BCUT2D eigenvalue weighted by Crippen LogP contribution is -2.43. The topological polar surface area (TPSA) is 220 Å². The second-order valence-corrected chi connectivity index (χ2v) is 24.9. The molecule has 6 aromatic rings. The second-order valence-electron chi connectivity index (χ2n) is 18.2. The maximum Gasteiger partial charge on any atom is 0.262 e. The Morgan fingerprint density at radius 3 is 2.46 bits per heavy atom. The summed E-state index contributed by atoms with van der Waals surface area (Å²) in [5.41, 5.74) is 10.2. The number of methoxy groups -OCH3 is 1. The average Bonchev–Trinajstić information content (AvgIpc) is 3.30. The minimum Gasteiger partial charge on any atom is -0.508 e. The molecule has 17 heteroatoms. The number of benzene rings is 5. The van der Waals surface area contributed by atoms with Crippen molar-refractivity contribution in [2.45, 2.75) is 74.6 Å². The van der Waals surface area contributed by atoms with Gasteiger partial charge in [0.05, 0.1) is 45.5 Å². The highest BCUT2D eigenvalue weighted by molar-refractivity contribution is 7.91. The van der Waals surface area contributed by atoms with Crippen LogP contribution in [0.2, 0.25) is 18.1 Å². The zero-order valence-electron chi connectivity index (χ0n) is 39.6. The minimum atomic E-state index is -4.19. The predicted molar refractivity (Wildman–Crippen MR) is 270 cm³/mol. The molecule has 3 amide bonds. The number of pyridine rings is 1. The number of aromatic nitrogens is 1. The summed E-state index contributed by atoms with van der Waals surface area (Å²) in [7, 11) is -4.93. The van der Waals surface area contributed by atoms with Gasteiger partial charge >= 0.3 is 0 Å². The van der Waals surface area contributed by atoms with E-state index in [1.54, 1.807) is 61.5 Å². The minimum absolute atomic E-state index is 0.00780. The van der Waals surface area contributed by atoms with E-state index >= 15 is 0 Å². The molecule has 0 saturated carbocycles. The van der Waals surface area contributed by atoms with E-state index in [2.05, 4.69) is 72.0 Å². The van der Waals surface area contributed by atoms with E-state index in [1.165, 1.54) is 55.8 Å². The van der Waals surface area contributed by atoms with Gasteiger partial charge in [0, 0.05) is 64.7 Å². The van der Waals surface area contributed by atoms with Crippen molar-refractivity contribution in [3.63, 3.8) is 0 Å². The quantitative estimate of drug-likeness (QED) is 0.0304. The van der Waals surface area contributed by atoms with Crippen LogP contribution in [0.15, 0.2) is 113 Å². The number of carbonyl (C=O) groups is 3. The van der Waals surface area contributed by atoms with Gasteiger partial charge in [0.15, 0.2) is 14.9 Å². The Labute approximate surface area is 403 Å². The molecule has 0 spiro atoms. The van der Waals surface area contributed by atoms with Gasteiger partial charge in [0.25, 0.3) is 17.7 Å². The number of primary amides is 1. The molecular weight excluding hydrogens is 913 g/mol. The number of carbonyl (C=O) groups excluding carboxylic acids is 3. The SMILES string of the molecule is COc1cccc(Nc2c(C(N)=O)cnc3c(C)cc(S(=O)(=O)c4cccc(C(=O)Nc5ccc(C#CCCCNCC(O[Si](C)(C)C(C)(C)C)c6cc(O)cc7c6OCC(=O)N7)cc5)c4)cc23)c1. The largest absolute Gasteiger partial charge is 0.508 e. The lowest BCUT2D eigenvalue weighted by Gasteiger charge is -2.40. The first-order valence-electron chi connectivity index (χ1n) is 22.3. The highest BCUT2D eigenvalue weighted by Crippen LogP contribution is 2.44. The molecule has 0 saturated heterocycles. The van der Waals surface area contributed by atoms with E-state index in [1.807, 2.05) is 0 Å². The molecule has 69 heavy (non-hydrogen) atoms. The van der Waals surface area contributed by atoms with Crippen molar-refractivity contribution >= 4 is 69.5 Å². The number of nitrogens with two attached hydrogens (primary N) is 1. The van der Waals surface area contributed by atoms with Crippen LogP contribution in [0.25, 0.3) is 10.9 Å². The normalized spacial score (nSPS) is 13.0. The molecule has 0 fully saturated rings. The molecule has 358 valence electrons. The van der Waals surface area contributed by atoms with Crippen molar-refractivity contribution in [2.24, 2.45) is 5.73 Å². The van der Waals surface area contributed by atoms with Gasteiger partial charge in [-0.15, -0.1) is 0 Å². The summed E-state index contributed by atoms with van der Waals surface area (Å²) < 4.78 is 46.5. The second kappa shape index (κ2) is 20.6. The summed E-state index contributed by atoms with van der Waals surface area (Å²) >= 11 is 0. The molecular formula is C52H56N6O9SSi. The Morgan fingerprint density at radius 2 is 1.74 bits per heavy atom. The number of ether oxygens (including phenoxy) is 2. The summed E-state index contributed by atoms with van der Waals surface area (Å²) in [6, 6.07) is 25.9. The van der Waals surface area contributed by atoms with Crippen LogP contribution in [-0.4, -0.2) is 71.4 Å².